The highest BCUT2D eigenvalue weighted by Gasteiger charge is 2.12. The highest BCUT2D eigenvalue weighted by molar-refractivity contribution is 5.85. The number of halogens is 1. The van der Waals surface area contributed by atoms with Crippen molar-refractivity contribution in [2.75, 3.05) is 11.5 Å². The van der Waals surface area contributed by atoms with E-state index in [2.05, 4.69) is 40.3 Å². The SMILES string of the molecule is C.C.C.C.C.C.Cl.Cn1c(-c2cc(N)c(=O)[nH]n2)nc2cnccc21.Nc1cc(-c2nc3ccccc3[nH]2)n[nH]c1=O. The second kappa shape index (κ2) is 16.9. The predicted octanol–water partition coefficient (Wildman–Crippen LogP) is 5.43. The third-order valence-corrected chi connectivity index (χ3v) is 5.21. The van der Waals surface area contributed by atoms with Crippen molar-refractivity contribution in [3.8, 4) is 23.0 Å². The average molecular weight is 602 g/mol. The largest absolute Gasteiger partial charge is 0.394 e. The highest BCUT2D eigenvalue weighted by Crippen LogP contribution is 2.21. The van der Waals surface area contributed by atoms with Gasteiger partial charge in [0.1, 0.15) is 28.3 Å². The molecule has 0 saturated carbocycles. The Morgan fingerprint density at radius 3 is 1.90 bits per heavy atom. The molecule has 0 amide bonds. The number of anilines is 2. The number of nitrogens with two attached hydrogens (primary N) is 2. The second-order valence-electron chi connectivity index (χ2n) is 7.54. The van der Waals surface area contributed by atoms with Crippen LogP contribution < -0.4 is 22.6 Å². The molecule has 14 heteroatoms. The summed E-state index contributed by atoms with van der Waals surface area (Å²) in [6, 6.07) is 12.5. The summed E-state index contributed by atoms with van der Waals surface area (Å²) in [5.74, 6) is 1.20. The molecule has 0 aliphatic heterocycles. The van der Waals surface area contributed by atoms with Crippen LogP contribution in [0.5, 0.6) is 0 Å². The summed E-state index contributed by atoms with van der Waals surface area (Å²) in [6.45, 7) is 0. The van der Waals surface area contributed by atoms with Crippen LogP contribution in [-0.4, -0.2) is 44.9 Å². The summed E-state index contributed by atoms with van der Waals surface area (Å²) in [4.78, 5) is 38.2. The van der Waals surface area contributed by atoms with Gasteiger partial charge in [-0.3, -0.25) is 14.6 Å². The van der Waals surface area contributed by atoms with E-state index in [0.29, 0.717) is 23.0 Å². The Morgan fingerprint density at radius 1 is 0.762 bits per heavy atom. The van der Waals surface area contributed by atoms with Gasteiger partial charge >= 0.3 is 0 Å². The maximum Gasteiger partial charge on any atom is 0.287 e. The number of aryl methyl sites for hydroxylation is 1. The van der Waals surface area contributed by atoms with Gasteiger partial charge in [-0.1, -0.05) is 56.7 Å². The van der Waals surface area contributed by atoms with Gasteiger partial charge in [0.2, 0.25) is 0 Å². The third-order valence-electron chi connectivity index (χ3n) is 5.21. The summed E-state index contributed by atoms with van der Waals surface area (Å²) < 4.78 is 1.87. The summed E-state index contributed by atoms with van der Waals surface area (Å²) in [6.07, 6.45) is 3.37. The van der Waals surface area contributed by atoms with Crippen molar-refractivity contribution in [3.05, 3.63) is 75.6 Å². The normalized spacial score (nSPS) is 9.07. The molecule has 0 spiro atoms. The van der Waals surface area contributed by atoms with E-state index in [0.717, 1.165) is 22.1 Å². The fraction of sp³-hybridized carbons (Fsp3) is 0.250. The number of rotatable bonds is 2. The average Bonchev–Trinajstić information content (AvgIpc) is 3.45. The number of nitrogens with one attached hydrogen (secondary N) is 3. The minimum absolute atomic E-state index is 0. The van der Waals surface area contributed by atoms with E-state index in [-0.39, 0.29) is 68.3 Å². The molecule has 0 aliphatic rings. The Kier molecular flexibility index (Phi) is 16.7. The van der Waals surface area contributed by atoms with Gasteiger partial charge in [0.25, 0.3) is 11.1 Å². The zero-order valence-electron chi connectivity index (χ0n) is 18.8. The van der Waals surface area contributed by atoms with Crippen LogP contribution in [-0.2, 0) is 7.05 Å². The van der Waals surface area contributed by atoms with Crippen molar-refractivity contribution in [3.63, 3.8) is 0 Å². The van der Waals surface area contributed by atoms with Gasteiger partial charge in [-0.15, -0.1) is 12.4 Å². The molecule has 7 N–H and O–H groups in total. The Hall–Kier alpha value is -5.04. The van der Waals surface area contributed by atoms with Crippen LogP contribution in [0.15, 0.2) is 64.4 Å². The molecule has 13 nitrogen and oxygen atoms in total. The van der Waals surface area contributed by atoms with Gasteiger partial charge in [-0.25, -0.2) is 20.2 Å². The lowest BCUT2D eigenvalue weighted by atomic mass is 10.3. The number of H-pyrrole nitrogens is 3. The number of imidazole rings is 2. The Morgan fingerprint density at radius 2 is 1.33 bits per heavy atom. The molecule has 42 heavy (non-hydrogen) atoms. The molecule has 0 aliphatic carbocycles. The maximum atomic E-state index is 11.2. The van der Waals surface area contributed by atoms with E-state index in [1.165, 1.54) is 12.1 Å². The fourth-order valence-electron chi connectivity index (χ4n) is 3.43. The van der Waals surface area contributed by atoms with Crippen LogP contribution >= 0.6 is 12.4 Å². The number of pyridine rings is 1. The summed E-state index contributed by atoms with van der Waals surface area (Å²) in [5, 5.41) is 12.5. The topological polar surface area (TPSA) is 203 Å². The van der Waals surface area contributed by atoms with Crippen molar-refractivity contribution in [2.45, 2.75) is 44.6 Å². The third kappa shape index (κ3) is 8.01. The van der Waals surface area contributed by atoms with E-state index in [1.54, 1.807) is 12.4 Å². The lowest BCUT2D eigenvalue weighted by Crippen LogP contribution is -2.13. The first kappa shape index (κ1) is 41.4. The Labute approximate surface area is 252 Å². The minimum atomic E-state index is -0.404. The first-order valence-electron chi connectivity index (χ1n) is 10.3. The van der Waals surface area contributed by atoms with Crippen molar-refractivity contribution >= 4 is 45.8 Å². The van der Waals surface area contributed by atoms with Crippen molar-refractivity contribution in [2.24, 2.45) is 7.05 Å². The Balaban J connectivity index is -0.000000621. The molecule has 0 bridgehead atoms. The van der Waals surface area contributed by atoms with Crippen LogP contribution in [0.3, 0.4) is 0 Å². The number of nitrogen functional groups attached to an aromatic ring is 2. The van der Waals surface area contributed by atoms with Crippen LogP contribution in [0.4, 0.5) is 11.4 Å². The van der Waals surface area contributed by atoms with Gasteiger partial charge in [0, 0.05) is 13.2 Å². The molecule has 1 aromatic carbocycles. The van der Waals surface area contributed by atoms with Gasteiger partial charge in [-0.05, 0) is 30.3 Å². The van der Waals surface area contributed by atoms with E-state index < -0.39 is 11.1 Å². The maximum absolute atomic E-state index is 11.2. The van der Waals surface area contributed by atoms with Crippen LogP contribution in [0.1, 0.15) is 44.6 Å². The summed E-state index contributed by atoms with van der Waals surface area (Å²) in [7, 11) is 1.87. The number of hydrogen-bond donors (Lipinski definition) is 5. The number of aromatic amines is 3. The molecule has 5 aromatic heterocycles. The first-order chi connectivity index (χ1) is 16.9. The first-order valence-corrected chi connectivity index (χ1v) is 10.3. The van der Waals surface area contributed by atoms with Crippen molar-refractivity contribution in [1.29, 1.82) is 0 Å². The lowest BCUT2D eigenvalue weighted by molar-refractivity contribution is 0.921. The summed E-state index contributed by atoms with van der Waals surface area (Å²) >= 11 is 0. The molecule has 230 valence electrons. The van der Waals surface area contributed by atoms with Gasteiger partial charge in [-0.2, -0.15) is 10.2 Å². The number of hydrogen-bond acceptors (Lipinski definition) is 9. The molecule has 0 fully saturated rings. The Bertz CT molecular complexity index is 1770. The molecular formula is C28H44ClN11O2. The number of fused-ring (bicyclic) bond motifs is 2. The molecule has 0 radical (unpaired) electrons. The lowest BCUT2D eigenvalue weighted by Gasteiger charge is -2.01. The van der Waals surface area contributed by atoms with Gasteiger partial charge in [0.15, 0.2) is 11.6 Å². The summed E-state index contributed by atoms with van der Waals surface area (Å²) in [5.41, 5.74) is 15.0. The van der Waals surface area contributed by atoms with Crippen molar-refractivity contribution < 1.29 is 0 Å². The number of benzene rings is 1. The molecule has 5 heterocycles. The zero-order chi connectivity index (χ0) is 24.5. The van der Waals surface area contributed by atoms with E-state index in [9.17, 15) is 9.59 Å². The predicted molar refractivity (Wildman–Crippen MR) is 179 cm³/mol. The molecule has 0 saturated heterocycles. The quantitative estimate of drug-likeness (QED) is 0.171. The van der Waals surface area contributed by atoms with Gasteiger partial charge in [0.05, 0.1) is 22.7 Å². The van der Waals surface area contributed by atoms with Crippen molar-refractivity contribution in [1.82, 2.24) is 44.9 Å². The molecule has 0 unspecified atom stereocenters. The van der Waals surface area contributed by atoms with E-state index in [1.807, 2.05) is 41.9 Å². The molecular weight excluding hydrogens is 558 g/mol. The monoisotopic (exact) mass is 601 g/mol. The zero-order valence-corrected chi connectivity index (χ0v) is 19.6. The number of nitrogens with zero attached hydrogens (tertiary/aromatic N) is 6. The molecule has 6 aromatic rings. The molecule has 6 rings (SSSR count). The highest BCUT2D eigenvalue weighted by atomic mass is 35.5. The fourth-order valence-corrected chi connectivity index (χ4v) is 3.43. The second-order valence-corrected chi connectivity index (χ2v) is 7.54. The van der Waals surface area contributed by atoms with Gasteiger partial charge < -0.3 is 21.0 Å². The van der Waals surface area contributed by atoms with E-state index in [4.69, 9.17) is 11.5 Å². The smallest absolute Gasteiger partial charge is 0.287 e. The molecule has 0 atom stereocenters. The van der Waals surface area contributed by atoms with Crippen LogP contribution in [0.25, 0.3) is 45.1 Å². The number of aromatic nitrogens is 9. The number of para-hydroxylation sites is 2. The van der Waals surface area contributed by atoms with Crippen LogP contribution in [0, 0.1) is 0 Å². The minimum Gasteiger partial charge on any atom is -0.394 e. The standard InChI is InChI=1S/C11H10N6O.C11H9N5O.6CH4.ClH/c1-17-9-2-3-13-5-8(9)14-10(17)7-4-6(12)11(18)16-15-7;12-6-5-9(15-16-11(6)17)10-13-7-3-1-2-4-8(7)14-10;;;;;;;/h2-5H,1H3,(H2,12,15)(H,16,18);1-5H,(H2,12,15)(H,13,14)(H,16,17);6*1H4;1H. The van der Waals surface area contributed by atoms with Crippen LogP contribution in [0.2, 0.25) is 0 Å². The van der Waals surface area contributed by atoms with E-state index >= 15 is 0 Å².